The third-order valence-corrected chi connectivity index (χ3v) is 5.67. The monoisotopic (exact) mass is 347 g/mol. The van der Waals surface area contributed by atoms with E-state index in [2.05, 4.69) is 21.3 Å². The van der Waals surface area contributed by atoms with E-state index in [9.17, 15) is 4.79 Å². The standard InChI is InChI=1S/C22H25N3O/c26-21(9-8-17-5-2-1-3-6-17)24-22-19-10-13-25(14-11-19)20(22)15-18-7-4-12-23-16-18/h1-9,12,16,19-20,22H,10-11,13-15H2,(H,24,26)/b9-8+/t20-,22+/m0/s1. The highest BCUT2D eigenvalue weighted by atomic mass is 16.1. The average molecular weight is 347 g/mol. The van der Waals surface area contributed by atoms with E-state index in [1.807, 2.05) is 54.9 Å². The lowest BCUT2D eigenvalue weighted by atomic mass is 9.77. The Balaban J connectivity index is 1.45. The van der Waals surface area contributed by atoms with Crippen LogP contribution in [0.1, 0.15) is 24.0 Å². The summed E-state index contributed by atoms with van der Waals surface area (Å²) in [7, 11) is 0. The summed E-state index contributed by atoms with van der Waals surface area (Å²) >= 11 is 0. The summed E-state index contributed by atoms with van der Waals surface area (Å²) in [5.74, 6) is 0.583. The Hall–Kier alpha value is -2.46. The van der Waals surface area contributed by atoms with Gasteiger partial charge in [-0.2, -0.15) is 0 Å². The second kappa shape index (κ2) is 7.83. The number of piperidine rings is 3. The van der Waals surface area contributed by atoms with Crippen molar-refractivity contribution in [3.63, 3.8) is 0 Å². The summed E-state index contributed by atoms with van der Waals surface area (Å²) in [5, 5.41) is 3.30. The number of aromatic nitrogens is 1. The van der Waals surface area contributed by atoms with Crippen LogP contribution >= 0.6 is 0 Å². The fraction of sp³-hybridized carbons (Fsp3) is 0.364. The highest BCUT2D eigenvalue weighted by molar-refractivity contribution is 5.92. The molecule has 3 fully saturated rings. The number of nitrogens with zero attached hydrogens (tertiary/aromatic N) is 2. The molecule has 3 saturated heterocycles. The Morgan fingerprint density at radius 2 is 1.96 bits per heavy atom. The van der Waals surface area contributed by atoms with E-state index in [0.29, 0.717) is 12.0 Å². The SMILES string of the molecule is O=C(/C=C/c1ccccc1)N[C@@H]1C2CCN(CC2)[C@H]1Cc1cccnc1. The van der Waals surface area contributed by atoms with E-state index in [1.165, 1.54) is 18.4 Å². The van der Waals surface area contributed by atoms with Gasteiger partial charge in [0.05, 0.1) is 0 Å². The lowest BCUT2D eigenvalue weighted by Crippen LogP contribution is -2.64. The second-order valence-corrected chi connectivity index (χ2v) is 7.28. The summed E-state index contributed by atoms with van der Waals surface area (Å²) in [6.45, 7) is 2.28. The maximum absolute atomic E-state index is 12.5. The predicted octanol–water partition coefficient (Wildman–Crippen LogP) is 2.92. The van der Waals surface area contributed by atoms with Gasteiger partial charge in [-0.05, 0) is 61.5 Å². The zero-order chi connectivity index (χ0) is 17.8. The van der Waals surface area contributed by atoms with Crippen molar-refractivity contribution in [1.29, 1.82) is 0 Å². The van der Waals surface area contributed by atoms with E-state index in [4.69, 9.17) is 0 Å². The van der Waals surface area contributed by atoms with Gasteiger partial charge in [0.1, 0.15) is 0 Å². The Morgan fingerprint density at radius 1 is 1.15 bits per heavy atom. The molecular weight excluding hydrogens is 322 g/mol. The summed E-state index contributed by atoms with van der Waals surface area (Å²) < 4.78 is 0. The largest absolute Gasteiger partial charge is 0.348 e. The number of rotatable bonds is 5. The van der Waals surface area contributed by atoms with Crippen molar-refractivity contribution in [2.45, 2.75) is 31.3 Å². The molecule has 5 rings (SSSR count). The van der Waals surface area contributed by atoms with Crippen molar-refractivity contribution < 1.29 is 4.79 Å². The first-order chi connectivity index (χ1) is 12.8. The lowest BCUT2D eigenvalue weighted by Gasteiger charge is -2.51. The van der Waals surface area contributed by atoms with Gasteiger partial charge in [-0.25, -0.2) is 0 Å². The molecule has 0 saturated carbocycles. The summed E-state index contributed by atoms with van der Waals surface area (Å²) in [6, 6.07) is 14.6. The quantitative estimate of drug-likeness (QED) is 0.846. The molecule has 0 radical (unpaired) electrons. The number of hydrogen-bond acceptors (Lipinski definition) is 3. The van der Waals surface area contributed by atoms with E-state index < -0.39 is 0 Å². The molecule has 2 atom stereocenters. The molecule has 0 aliphatic carbocycles. The smallest absolute Gasteiger partial charge is 0.244 e. The highest BCUT2D eigenvalue weighted by Crippen LogP contribution is 2.33. The molecule has 2 aromatic rings. The van der Waals surface area contributed by atoms with Crippen LogP contribution in [-0.2, 0) is 11.2 Å². The maximum atomic E-state index is 12.5. The molecule has 1 aromatic carbocycles. The lowest BCUT2D eigenvalue weighted by molar-refractivity contribution is -0.119. The summed E-state index contributed by atoms with van der Waals surface area (Å²) in [6.07, 6.45) is 10.6. The topological polar surface area (TPSA) is 45.2 Å². The number of amides is 1. The van der Waals surface area contributed by atoms with E-state index in [0.717, 1.165) is 25.1 Å². The summed E-state index contributed by atoms with van der Waals surface area (Å²) in [5.41, 5.74) is 2.28. The van der Waals surface area contributed by atoms with Gasteiger partial charge in [0.15, 0.2) is 0 Å². The van der Waals surface area contributed by atoms with Crippen LogP contribution in [0.25, 0.3) is 6.08 Å². The van der Waals surface area contributed by atoms with Crippen LogP contribution in [0.2, 0.25) is 0 Å². The van der Waals surface area contributed by atoms with E-state index in [1.54, 1.807) is 6.08 Å². The molecule has 4 nitrogen and oxygen atoms in total. The molecule has 1 aromatic heterocycles. The molecule has 2 bridgehead atoms. The van der Waals surface area contributed by atoms with Crippen LogP contribution in [0.5, 0.6) is 0 Å². The Bertz CT molecular complexity index is 751. The van der Waals surface area contributed by atoms with Gasteiger partial charge in [0.25, 0.3) is 0 Å². The molecule has 0 spiro atoms. The number of hydrogen-bond donors (Lipinski definition) is 1. The zero-order valence-electron chi connectivity index (χ0n) is 14.9. The van der Waals surface area contributed by atoms with E-state index in [-0.39, 0.29) is 11.9 Å². The molecule has 4 heterocycles. The Kier molecular flexibility index (Phi) is 5.12. The molecule has 3 aliphatic heterocycles. The molecule has 134 valence electrons. The fourth-order valence-corrected chi connectivity index (χ4v) is 4.33. The van der Waals surface area contributed by atoms with Crippen LogP contribution in [0.4, 0.5) is 0 Å². The van der Waals surface area contributed by atoms with E-state index >= 15 is 0 Å². The molecule has 0 unspecified atom stereocenters. The third-order valence-electron chi connectivity index (χ3n) is 5.67. The Morgan fingerprint density at radius 3 is 2.69 bits per heavy atom. The van der Waals surface area contributed by atoms with Gasteiger partial charge in [0, 0.05) is 30.6 Å². The summed E-state index contributed by atoms with van der Waals surface area (Å²) in [4.78, 5) is 19.3. The molecule has 1 amide bonds. The van der Waals surface area contributed by atoms with Crippen LogP contribution in [0, 0.1) is 5.92 Å². The van der Waals surface area contributed by atoms with Crippen LogP contribution in [0.3, 0.4) is 0 Å². The molecule has 3 aliphatic rings. The number of benzene rings is 1. The van der Waals surface area contributed by atoms with Crippen molar-refractivity contribution in [1.82, 2.24) is 15.2 Å². The first kappa shape index (κ1) is 17.0. The van der Waals surface area contributed by atoms with Gasteiger partial charge in [0.2, 0.25) is 5.91 Å². The van der Waals surface area contributed by atoms with Gasteiger partial charge >= 0.3 is 0 Å². The number of carbonyl (C=O) groups is 1. The van der Waals surface area contributed by atoms with Crippen molar-refractivity contribution in [3.8, 4) is 0 Å². The van der Waals surface area contributed by atoms with Gasteiger partial charge in [-0.1, -0.05) is 36.4 Å². The normalized spacial score (nSPS) is 27.5. The average Bonchev–Trinajstić information content (AvgIpc) is 2.70. The minimum Gasteiger partial charge on any atom is -0.348 e. The van der Waals surface area contributed by atoms with Crippen molar-refractivity contribution in [3.05, 3.63) is 72.1 Å². The van der Waals surface area contributed by atoms with Crippen molar-refractivity contribution in [2.75, 3.05) is 13.1 Å². The van der Waals surface area contributed by atoms with Gasteiger partial charge < -0.3 is 5.32 Å². The number of fused-ring (bicyclic) bond motifs is 3. The maximum Gasteiger partial charge on any atom is 0.244 e. The van der Waals surface area contributed by atoms with Gasteiger partial charge in [-0.3, -0.25) is 14.7 Å². The third kappa shape index (κ3) is 3.86. The fourth-order valence-electron chi connectivity index (χ4n) is 4.33. The molecule has 1 N–H and O–H groups in total. The van der Waals surface area contributed by atoms with Crippen LogP contribution < -0.4 is 5.32 Å². The highest BCUT2D eigenvalue weighted by Gasteiger charge is 2.42. The zero-order valence-corrected chi connectivity index (χ0v) is 14.9. The predicted molar refractivity (Wildman–Crippen MR) is 103 cm³/mol. The minimum atomic E-state index is 0.00351. The van der Waals surface area contributed by atoms with Crippen LogP contribution in [0.15, 0.2) is 60.9 Å². The van der Waals surface area contributed by atoms with Crippen molar-refractivity contribution in [2.24, 2.45) is 5.92 Å². The van der Waals surface area contributed by atoms with Crippen molar-refractivity contribution >= 4 is 12.0 Å². The van der Waals surface area contributed by atoms with Gasteiger partial charge in [-0.15, -0.1) is 0 Å². The molecule has 4 heteroatoms. The second-order valence-electron chi connectivity index (χ2n) is 7.28. The molecule has 26 heavy (non-hydrogen) atoms. The number of nitrogens with one attached hydrogen (secondary N) is 1. The molecular formula is C22H25N3O. The first-order valence-corrected chi connectivity index (χ1v) is 9.46. The number of pyridine rings is 1. The number of carbonyl (C=O) groups excluding carboxylic acids is 1. The van der Waals surface area contributed by atoms with Crippen LogP contribution in [-0.4, -0.2) is 41.0 Å². The Labute approximate surface area is 154 Å². The minimum absolute atomic E-state index is 0.00351. The first-order valence-electron chi connectivity index (χ1n) is 9.46.